The number of piperidine rings is 1. The molecule has 0 spiro atoms. The standard InChI is InChI=1S/C18H37N3/c1-15(2)11-18(14-19,12-16(3)4)21-10-9-20-8-6-5-7-17(20)13-21/h15-17H,5-14,19H2,1-4H3. The van der Waals surface area contributed by atoms with Crippen LogP contribution in [0.5, 0.6) is 0 Å². The number of rotatable bonds is 6. The third-order valence-electron chi connectivity index (χ3n) is 5.46. The highest BCUT2D eigenvalue weighted by Crippen LogP contribution is 2.34. The lowest BCUT2D eigenvalue weighted by Crippen LogP contribution is -2.64. The van der Waals surface area contributed by atoms with Crippen LogP contribution in [0.15, 0.2) is 0 Å². The molecule has 0 aromatic rings. The van der Waals surface area contributed by atoms with Gasteiger partial charge in [-0.3, -0.25) is 9.80 Å². The van der Waals surface area contributed by atoms with Gasteiger partial charge < -0.3 is 5.73 Å². The fourth-order valence-electron chi connectivity index (χ4n) is 4.74. The third-order valence-corrected chi connectivity index (χ3v) is 5.46. The normalized spacial score (nSPS) is 25.6. The summed E-state index contributed by atoms with van der Waals surface area (Å²) in [4.78, 5) is 5.51. The minimum absolute atomic E-state index is 0.228. The van der Waals surface area contributed by atoms with Crippen molar-refractivity contribution in [1.82, 2.24) is 9.80 Å². The lowest BCUT2D eigenvalue weighted by molar-refractivity contribution is -0.0277. The van der Waals surface area contributed by atoms with Gasteiger partial charge in [-0.2, -0.15) is 0 Å². The summed E-state index contributed by atoms with van der Waals surface area (Å²) in [6.45, 7) is 15.2. The Morgan fingerprint density at radius 2 is 1.67 bits per heavy atom. The molecule has 2 aliphatic heterocycles. The van der Waals surface area contributed by atoms with Gasteiger partial charge in [0.2, 0.25) is 0 Å². The summed E-state index contributed by atoms with van der Waals surface area (Å²) in [6.07, 6.45) is 6.69. The molecule has 2 aliphatic rings. The molecule has 21 heavy (non-hydrogen) atoms. The third kappa shape index (κ3) is 4.20. The number of fused-ring (bicyclic) bond motifs is 1. The molecule has 1 unspecified atom stereocenters. The molecule has 2 fully saturated rings. The molecule has 0 aliphatic carbocycles. The van der Waals surface area contributed by atoms with Gasteiger partial charge in [-0.05, 0) is 44.1 Å². The van der Waals surface area contributed by atoms with Gasteiger partial charge in [-0.1, -0.05) is 34.1 Å². The van der Waals surface area contributed by atoms with E-state index in [-0.39, 0.29) is 5.54 Å². The quantitative estimate of drug-likeness (QED) is 0.818. The SMILES string of the molecule is CC(C)CC(CN)(CC(C)C)N1CCN2CCCCC2C1. The smallest absolute Gasteiger partial charge is 0.0337 e. The van der Waals surface area contributed by atoms with Gasteiger partial charge >= 0.3 is 0 Å². The highest BCUT2D eigenvalue weighted by Gasteiger charge is 2.41. The number of hydrogen-bond acceptors (Lipinski definition) is 3. The first kappa shape index (κ1) is 17.2. The van der Waals surface area contributed by atoms with Gasteiger partial charge in [0, 0.05) is 37.8 Å². The van der Waals surface area contributed by atoms with Crippen molar-refractivity contribution < 1.29 is 0 Å². The predicted octanol–water partition coefficient (Wildman–Crippen LogP) is 2.95. The largest absolute Gasteiger partial charge is 0.329 e. The van der Waals surface area contributed by atoms with E-state index >= 15 is 0 Å². The summed E-state index contributed by atoms with van der Waals surface area (Å²) in [5.74, 6) is 1.44. The lowest BCUT2D eigenvalue weighted by atomic mass is 9.79. The maximum Gasteiger partial charge on any atom is 0.0337 e. The second-order valence-corrected chi connectivity index (χ2v) is 8.26. The van der Waals surface area contributed by atoms with Gasteiger partial charge in [-0.15, -0.1) is 0 Å². The number of piperazine rings is 1. The molecule has 0 radical (unpaired) electrons. The zero-order chi connectivity index (χ0) is 15.5. The lowest BCUT2D eigenvalue weighted by Gasteiger charge is -2.53. The Morgan fingerprint density at radius 3 is 2.24 bits per heavy atom. The van der Waals surface area contributed by atoms with E-state index < -0.39 is 0 Å². The van der Waals surface area contributed by atoms with Crippen molar-refractivity contribution in [2.75, 3.05) is 32.7 Å². The molecular formula is C18H37N3. The Kier molecular flexibility index (Phi) is 6.10. The Labute approximate surface area is 132 Å². The number of nitrogens with two attached hydrogens (primary N) is 1. The average molecular weight is 296 g/mol. The van der Waals surface area contributed by atoms with E-state index in [1.165, 1.54) is 58.3 Å². The Hall–Kier alpha value is -0.120. The minimum Gasteiger partial charge on any atom is -0.329 e. The highest BCUT2D eigenvalue weighted by atomic mass is 15.3. The molecule has 0 aromatic carbocycles. The van der Waals surface area contributed by atoms with Crippen molar-refractivity contribution in [3.05, 3.63) is 0 Å². The first-order valence-electron chi connectivity index (χ1n) is 9.16. The molecule has 3 heteroatoms. The van der Waals surface area contributed by atoms with Crippen LogP contribution >= 0.6 is 0 Å². The highest BCUT2D eigenvalue weighted by molar-refractivity contribution is 4.98. The Bertz CT molecular complexity index is 304. The second-order valence-electron chi connectivity index (χ2n) is 8.26. The molecular weight excluding hydrogens is 258 g/mol. The van der Waals surface area contributed by atoms with Crippen molar-refractivity contribution in [1.29, 1.82) is 0 Å². The number of hydrogen-bond donors (Lipinski definition) is 1. The second kappa shape index (κ2) is 7.43. The molecule has 0 amide bonds. The van der Waals surface area contributed by atoms with Crippen LogP contribution in [0.2, 0.25) is 0 Å². The Balaban J connectivity index is 2.11. The first-order valence-corrected chi connectivity index (χ1v) is 9.16. The van der Waals surface area contributed by atoms with Gasteiger partial charge in [0.25, 0.3) is 0 Å². The summed E-state index contributed by atoms with van der Waals surface area (Å²) >= 11 is 0. The molecule has 0 bridgehead atoms. The van der Waals surface area contributed by atoms with Crippen LogP contribution in [-0.4, -0.2) is 54.1 Å². The van der Waals surface area contributed by atoms with E-state index in [1.807, 2.05) is 0 Å². The summed E-state index contributed by atoms with van der Waals surface area (Å²) in [5.41, 5.74) is 6.58. The van der Waals surface area contributed by atoms with Crippen molar-refractivity contribution in [3.63, 3.8) is 0 Å². The van der Waals surface area contributed by atoms with E-state index in [1.54, 1.807) is 0 Å². The summed E-state index contributed by atoms with van der Waals surface area (Å²) in [7, 11) is 0. The van der Waals surface area contributed by atoms with Crippen LogP contribution < -0.4 is 5.73 Å². The van der Waals surface area contributed by atoms with E-state index in [2.05, 4.69) is 37.5 Å². The molecule has 2 heterocycles. The fourth-order valence-corrected chi connectivity index (χ4v) is 4.74. The molecule has 2 N–H and O–H groups in total. The maximum atomic E-state index is 6.35. The van der Waals surface area contributed by atoms with Crippen LogP contribution in [-0.2, 0) is 0 Å². The molecule has 2 rings (SSSR count). The van der Waals surface area contributed by atoms with E-state index in [9.17, 15) is 0 Å². The monoisotopic (exact) mass is 295 g/mol. The molecule has 124 valence electrons. The first-order chi connectivity index (χ1) is 9.97. The summed E-state index contributed by atoms with van der Waals surface area (Å²) in [5, 5.41) is 0. The number of nitrogens with zero attached hydrogens (tertiary/aromatic N) is 2. The van der Waals surface area contributed by atoms with Crippen molar-refractivity contribution in [2.45, 2.75) is 71.4 Å². The topological polar surface area (TPSA) is 32.5 Å². The Morgan fingerprint density at radius 1 is 1.00 bits per heavy atom. The average Bonchev–Trinajstić information content (AvgIpc) is 2.45. The maximum absolute atomic E-state index is 6.35. The molecule has 2 saturated heterocycles. The molecule has 0 saturated carbocycles. The minimum atomic E-state index is 0.228. The van der Waals surface area contributed by atoms with E-state index in [0.29, 0.717) is 0 Å². The predicted molar refractivity (Wildman–Crippen MR) is 91.5 cm³/mol. The van der Waals surface area contributed by atoms with Crippen LogP contribution in [0.25, 0.3) is 0 Å². The molecule has 0 aromatic heterocycles. The van der Waals surface area contributed by atoms with Gasteiger partial charge in [0.15, 0.2) is 0 Å². The fraction of sp³-hybridized carbons (Fsp3) is 1.00. The molecule has 3 nitrogen and oxygen atoms in total. The van der Waals surface area contributed by atoms with Crippen molar-refractivity contribution in [2.24, 2.45) is 17.6 Å². The molecule has 1 atom stereocenters. The van der Waals surface area contributed by atoms with Crippen LogP contribution in [0.3, 0.4) is 0 Å². The van der Waals surface area contributed by atoms with Crippen LogP contribution in [0.4, 0.5) is 0 Å². The zero-order valence-electron chi connectivity index (χ0n) is 14.8. The van der Waals surface area contributed by atoms with E-state index in [4.69, 9.17) is 5.73 Å². The van der Waals surface area contributed by atoms with Gasteiger partial charge in [0.1, 0.15) is 0 Å². The summed E-state index contributed by atoms with van der Waals surface area (Å²) in [6, 6.07) is 0.790. The van der Waals surface area contributed by atoms with Crippen molar-refractivity contribution in [3.8, 4) is 0 Å². The van der Waals surface area contributed by atoms with Crippen LogP contribution in [0, 0.1) is 11.8 Å². The van der Waals surface area contributed by atoms with E-state index in [0.717, 1.165) is 24.4 Å². The van der Waals surface area contributed by atoms with Crippen LogP contribution in [0.1, 0.15) is 59.8 Å². The van der Waals surface area contributed by atoms with Gasteiger partial charge in [-0.25, -0.2) is 0 Å². The summed E-state index contributed by atoms with van der Waals surface area (Å²) < 4.78 is 0. The van der Waals surface area contributed by atoms with Gasteiger partial charge in [0.05, 0.1) is 0 Å². The zero-order valence-corrected chi connectivity index (χ0v) is 14.8. The van der Waals surface area contributed by atoms with Crippen molar-refractivity contribution >= 4 is 0 Å².